The van der Waals surface area contributed by atoms with Crippen LogP contribution < -0.4 is 0 Å². The Labute approximate surface area is 125 Å². The Morgan fingerprint density at radius 3 is 2.52 bits per heavy atom. The van der Waals surface area contributed by atoms with E-state index in [4.69, 9.17) is 0 Å². The van der Waals surface area contributed by atoms with Crippen LogP contribution in [0.5, 0.6) is 0 Å². The zero-order valence-electron chi connectivity index (χ0n) is 12.5. The van der Waals surface area contributed by atoms with Crippen molar-refractivity contribution in [3.8, 4) is 0 Å². The van der Waals surface area contributed by atoms with Crippen molar-refractivity contribution in [2.75, 3.05) is 26.2 Å². The maximum absolute atomic E-state index is 13.0. The number of rotatable bonds is 3. The van der Waals surface area contributed by atoms with Crippen molar-refractivity contribution in [3.63, 3.8) is 0 Å². The molecule has 1 saturated carbocycles. The van der Waals surface area contributed by atoms with Crippen molar-refractivity contribution >= 4 is 5.91 Å². The van der Waals surface area contributed by atoms with E-state index in [1.54, 1.807) is 0 Å². The molecule has 1 aliphatic carbocycles. The Morgan fingerprint density at radius 2 is 1.90 bits per heavy atom. The monoisotopic (exact) mass is 298 g/mol. The van der Waals surface area contributed by atoms with Gasteiger partial charge >= 0.3 is 0 Å². The van der Waals surface area contributed by atoms with E-state index in [0.717, 1.165) is 45.3 Å². The summed E-state index contributed by atoms with van der Waals surface area (Å²) in [7, 11) is 0. The molecule has 2 aliphatic heterocycles. The number of carbonyl (C=O) groups excluding carboxylic acids is 1. The molecule has 0 bridgehead atoms. The smallest absolute Gasteiger partial charge is 0.249 e. The molecule has 1 unspecified atom stereocenters. The van der Waals surface area contributed by atoms with Gasteiger partial charge in [0.2, 0.25) is 11.8 Å². The third-order valence-corrected chi connectivity index (χ3v) is 5.40. The molecule has 0 aromatic rings. The SMILES string of the molecule is C=CCN1CCCC12CCCN(C(=O)C1CC(F)(F)C1)C2. The maximum atomic E-state index is 13.0. The van der Waals surface area contributed by atoms with E-state index in [9.17, 15) is 13.6 Å². The van der Waals surface area contributed by atoms with Gasteiger partial charge in [0.1, 0.15) is 0 Å². The molecule has 1 spiro atoms. The highest BCUT2D eigenvalue weighted by atomic mass is 19.3. The van der Waals surface area contributed by atoms with Gasteiger partial charge in [0.05, 0.1) is 0 Å². The average Bonchev–Trinajstić information content (AvgIpc) is 2.78. The second kappa shape index (κ2) is 5.34. The summed E-state index contributed by atoms with van der Waals surface area (Å²) in [4.78, 5) is 16.7. The fraction of sp³-hybridized carbons (Fsp3) is 0.812. The topological polar surface area (TPSA) is 23.6 Å². The minimum Gasteiger partial charge on any atom is -0.341 e. The summed E-state index contributed by atoms with van der Waals surface area (Å²) in [6, 6.07) is 0. The van der Waals surface area contributed by atoms with Crippen molar-refractivity contribution < 1.29 is 13.6 Å². The Kier molecular flexibility index (Phi) is 3.80. The van der Waals surface area contributed by atoms with Crippen molar-refractivity contribution in [3.05, 3.63) is 12.7 Å². The highest BCUT2D eigenvalue weighted by Crippen LogP contribution is 2.44. The molecule has 5 heteroatoms. The van der Waals surface area contributed by atoms with Gasteiger partial charge in [-0.1, -0.05) is 6.08 Å². The summed E-state index contributed by atoms with van der Waals surface area (Å²) in [5, 5.41) is 0. The predicted molar refractivity (Wildman–Crippen MR) is 77.2 cm³/mol. The Morgan fingerprint density at radius 1 is 1.24 bits per heavy atom. The lowest BCUT2D eigenvalue weighted by Gasteiger charge is -2.47. The summed E-state index contributed by atoms with van der Waals surface area (Å²) in [5.41, 5.74) is 0.0639. The molecule has 0 aromatic heterocycles. The van der Waals surface area contributed by atoms with Crippen LogP contribution in [-0.2, 0) is 4.79 Å². The van der Waals surface area contributed by atoms with E-state index < -0.39 is 11.8 Å². The average molecular weight is 298 g/mol. The first-order valence-corrected chi connectivity index (χ1v) is 7.98. The fourth-order valence-corrected chi connectivity index (χ4v) is 4.29. The van der Waals surface area contributed by atoms with Crippen molar-refractivity contribution in [1.29, 1.82) is 0 Å². The second-order valence-electron chi connectivity index (χ2n) is 6.89. The normalized spacial score (nSPS) is 33.1. The number of hydrogen-bond acceptors (Lipinski definition) is 2. The molecule has 1 atom stereocenters. The quantitative estimate of drug-likeness (QED) is 0.748. The van der Waals surface area contributed by atoms with E-state index >= 15 is 0 Å². The van der Waals surface area contributed by atoms with Gasteiger partial charge in [-0.15, -0.1) is 6.58 Å². The molecule has 3 fully saturated rings. The molecular weight excluding hydrogens is 274 g/mol. The van der Waals surface area contributed by atoms with Crippen LogP contribution in [-0.4, -0.2) is 53.3 Å². The molecule has 0 aromatic carbocycles. The third-order valence-electron chi connectivity index (χ3n) is 5.40. The Balaban J connectivity index is 1.65. The van der Waals surface area contributed by atoms with Gasteiger partial charge in [0.25, 0.3) is 0 Å². The minimum absolute atomic E-state index is 0.0505. The standard InChI is InChI=1S/C16H24F2N2O/c1-2-7-20-9-4-6-15(20)5-3-8-19(12-15)14(21)13-10-16(17,18)11-13/h2,13H,1,3-12H2. The number of amides is 1. The van der Waals surface area contributed by atoms with Gasteiger partial charge in [-0.05, 0) is 32.2 Å². The van der Waals surface area contributed by atoms with E-state index in [1.165, 1.54) is 0 Å². The third kappa shape index (κ3) is 2.72. The largest absolute Gasteiger partial charge is 0.341 e. The Bertz CT molecular complexity index is 432. The number of hydrogen-bond donors (Lipinski definition) is 0. The molecule has 0 N–H and O–H groups in total. The van der Waals surface area contributed by atoms with Gasteiger partial charge < -0.3 is 4.90 Å². The molecule has 3 aliphatic rings. The summed E-state index contributed by atoms with van der Waals surface area (Å²) in [6.45, 7) is 7.16. The van der Waals surface area contributed by atoms with Crippen LogP contribution in [0.3, 0.4) is 0 Å². The van der Waals surface area contributed by atoms with Crippen LogP contribution in [0.2, 0.25) is 0 Å². The highest BCUT2D eigenvalue weighted by Gasteiger charge is 2.51. The first-order valence-electron chi connectivity index (χ1n) is 7.98. The predicted octanol–water partition coefficient (Wildman–Crippen LogP) is 2.67. The van der Waals surface area contributed by atoms with Crippen LogP contribution >= 0.6 is 0 Å². The zero-order valence-corrected chi connectivity index (χ0v) is 12.5. The highest BCUT2D eigenvalue weighted by molar-refractivity contribution is 5.80. The summed E-state index contributed by atoms with van der Waals surface area (Å²) < 4.78 is 26.0. The van der Waals surface area contributed by atoms with Crippen LogP contribution in [0.1, 0.15) is 38.5 Å². The number of nitrogens with zero attached hydrogens (tertiary/aromatic N) is 2. The van der Waals surface area contributed by atoms with Gasteiger partial charge in [-0.25, -0.2) is 8.78 Å². The molecule has 21 heavy (non-hydrogen) atoms. The number of piperidine rings is 1. The molecule has 118 valence electrons. The van der Waals surface area contributed by atoms with E-state index in [1.807, 2.05) is 11.0 Å². The Hall–Kier alpha value is -0.970. The molecule has 2 heterocycles. The van der Waals surface area contributed by atoms with Crippen LogP contribution in [0.15, 0.2) is 12.7 Å². The number of alkyl halides is 2. The molecule has 1 amide bonds. The molecule has 3 rings (SSSR count). The van der Waals surface area contributed by atoms with Crippen molar-refractivity contribution in [1.82, 2.24) is 9.80 Å². The van der Waals surface area contributed by atoms with Crippen molar-refractivity contribution in [2.45, 2.75) is 50.0 Å². The molecule has 2 saturated heterocycles. The van der Waals surface area contributed by atoms with E-state index in [2.05, 4.69) is 11.5 Å². The van der Waals surface area contributed by atoms with Crippen LogP contribution in [0.25, 0.3) is 0 Å². The minimum atomic E-state index is -2.62. The van der Waals surface area contributed by atoms with Gasteiger partial charge in [0, 0.05) is 43.9 Å². The number of halogens is 2. The summed E-state index contributed by atoms with van der Waals surface area (Å²) in [6.07, 6.45) is 5.73. The lowest BCUT2D eigenvalue weighted by molar-refractivity contribution is -0.162. The number of carbonyl (C=O) groups is 1. The summed E-state index contributed by atoms with van der Waals surface area (Å²) in [5.74, 6) is -3.12. The first-order chi connectivity index (χ1) is 9.96. The molecular formula is C16H24F2N2O. The second-order valence-corrected chi connectivity index (χ2v) is 6.89. The zero-order chi connectivity index (χ0) is 15.1. The lowest BCUT2D eigenvalue weighted by atomic mass is 9.79. The first kappa shape index (κ1) is 14.9. The summed E-state index contributed by atoms with van der Waals surface area (Å²) >= 11 is 0. The van der Waals surface area contributed by atoms with Crippen LogP contribution in [0, 0.1) is 5.92 Å². The fourth-order valence-electron chi connectivity index (χ4n) is 4.29. The lowest BCUT2D eigenvalue weighted by Crippen LogP contribution is -2.59. The van der Waals surface area contributed by atoms with E-state index in [-0.39, 0.29) is 24.3 Å². The van der Waals surface area contributed by atoms with Gasteiger partial charge in [-0.2, -0.15) is 0 Å². The molecule has 0 radical (unpaired) electrons. The van der Waals surface area contributed by atoms with E-state index in [0.29, 0.717) is 6.54 Å². The van der Waals surface area contributed by atoms with Gasteiger partial charge in [-0.3, -0.25) is 9.69 Å². The van der Waals surface area contributed by atoms with Crippen LogP contribution in [0.4, 0.5) is 8.78 Å². The maximum Gasteiger partial charge on any atom is 0.249 e. The van der Waals surface area contributed by atoms with Gasteiger partial charge in [0.15, 0.2) is 0 Å². The number of likely N-dealkylation sites (tertiary alicyclic amines) is 2. The van der Waals surface area contributed by atoms with Crippen molar-refractivity contribution in [2.24, 2.45) is 5.92 Å². The molecule has 3 nitrogen and oxygen atoms in total.